The van der Waals surface area contributed by atoms with E-state index in [9.17, 15) is 14.4 Å². The van der Waals surface area contributed by atoms with Crippen molar-refractivity contribution in [2.75, 3.05) is 5.73 Å². The number of carbonyl (C=O) groups excluding carboxylic acids is 3. The summed E-state index contributed by atoms with van der Waals surface area (Å²) in [4.78, 5) is 37.6. The molecular formula is C17H24N2O5. The van der Waals surface area contributed by atoms with Crippen molar-refractivity contribution < 1.29 is 23.9 Å². The zero-order valence-corrected chi connectivity index (χ0v) is 14.9. The number of ether oxygens (including phenoxy) is 2. The highest BCUT2D eigenvalue weighted by Gasteiger charge is 2.36. The second-order valence-electron chi connectivity index (χ2n) is 7.22. The molecule has 0 unspecified atom stereocenters. The molecule has 0 aromatic heterocycles. The second kappa shape index (κ2) is 6.90. The molecule has 0 fully saturated rings. The lowest BCUT2D eigenvalue weighted by Gasteiger charge is -2.27. The first-order valence-corrected chi connectivity index (χ1v) is 7.46. The minimum Gasteiger partial charge on any atom is -0.443 e. The molecule has 0 spiro atoms. The Bertz CT molecular complexity index is 596. The Morgan fingerprint density at radius 2 is 1.21 bits per heavy atom. The number of amides is 3. The minimum atomic E-state index is -1.10. The Kier molecular flexibility index (Phi) is 5.60. The van der Waals surface area contributed by atoms with Crippen LogP contribution < -0.4 is 5.73 Å². The van der Waals surface area contributed by atoms with Crippen molar-refractivity contribution in [3.8, 4) is 0 Å². The molecule has 7 heteroatoms. The summed E-state index contributed by atoms with van der Waals surface area (Å²) in [5.74, 6) is -0.849. The minimum absolute atomic E-state index is 0.112. The van der Waals surface area contributed by atoms with Crippen LogP contribution >= 0.6 is 0 Å². The second-order valence-corrected chi connectivity index (χ2v) is 7.22. The van der Waals surface area contributed by atoms with Crippen molar-refractivity contribution in [1.29, 1.82) is 0 Å². The van der Waals surface area contributed by atoms with Crippen molar-refractivity contribution >= 4 is 23.8 Å². The highest BCUT2D eigenvalue weighted by Crippen LogP contribution is 2.17. The number of rotatable bonds is 1. The first-order chi connectivity index (χ1) is 10.8. The van der Waals surface area contributed by atoms with Gasteiger partial charge in [-0.05, 0) is 65.8 Å². The number of benzene rings is 1. The van der Waals surface area contributed by atoms with E-state index in [-0.39, 0.29) is 5.56 Å². The fourth-order valence-corrected chi connectivity index (χ4v) is 1.61. The molecule has 132 valence electrons. The van der Waals surface area contributed by atoms with Crippen LogP contribution in [0.3, 0.4) is 0 Å². The summed E-state index contributed by atoms with van der Waals surface area (Å²) in [5.41, 5.74) is 4.39. The fraction of sp³-hybridized carbons (Fsp3) is 0.471. The van der Waals surface area contributed by atoms with Crippen molar-refractivity contribution in [2.45, 2.75) is 52.7 Å². The number of imide groups is 3. The van der Waals surface area contributed by atoms with Crippen molar-refractivity contribution in [2.24, 2.45) is 0 Å². The summed E-state index contributed by atoms with van der Waals surface area (Å²) in [5, 5.41) is 0. The normalized spacial score (nSPS) is 11.6. The van der Waals surface area contributed by atoms with E-state index in [1.165, 1.54) is 24.3 Å². The lowest BCUT2D eigenvalue weighted by atomic mass is 10.2. The van der Waals surface area contributed by atoms with Gasteiger partial charge in [0.15, 0.2) is 0 Å². The van der Waals surface area contributed by atoms with Crippen LogP contribution in [0.15, 0.2) is 24.3 Å². The fourth-order valence-electron chi connectivity index (χ4n) is 1.61. The number of hydrogen-bond donors (Lipinski definition) is 1. The van der Waals surface area contributed by atoms with Gasteiger partial charge in [-0.15, -0.1) is 4.90 Å². The average Bonchev–Trinajstić information content (AvgIpc) is 2.34. The largest absolute Gasteiger partial charge is 0.443 e. The average molecular weight is 336 g/mol. The predicted octanol–water partition coefficient (Wildman–Crippen LogP) is 3.58. The van der Waals surface area contributed by atoms with Crippen LogP contribution in [0.4, 0.5) is 15.3 Å². The lowest BCUT2D eigenvalue weighted by Crippen LogP contribution is -2.46. The third kappa shape index (κ3) is 5.91. The number of nitrogen functional groups attached to an aromatic ring is 1. The molecule has 0 aliphatic rings. The van der Waals surface area contributed by atoms with Crippen LogP contribution in [0, 0.1) is 0 Å². The zero-order valence-electron chi connectivity index (χ0n) is 14.9. The molecule has 0 saturated heterocycles. The molecule has 0 aliphatic heterocycles. The van der Waals surface area contributed by atoms with E-state index in [4.69, 9.17) is 15.2 Å². The van der Waals surface area contributed by atoms with E-state index in [0.717, 1.165) is 0 Å². The Balaban J connectivity index is 3.16. The van der Waals surface area contributed by atoms with E-state index >= 15 is 0 Å². The van der Waals surface area contributed by atoms with E-state index in [1.54, 1.807) is 41.5 Å². The number of anilines is 1. The van der Waals surface area contributed by atoms with Gasteiger partial charge in [0, 0.05) is 11.3 Å². The molecule has 24 heavy (non-hydrogen) atoms. The summed E-state index contributed by atoms with van der Waals surface area (Å²) < 4.78 is 10.3. The number of hydrogen-bond acceptors (Lipinski definition) is 6. The van der Waals surface area contributed by atoms with Crippen LogP contribution in [0.25, 0.3) is 0 Å². The summed E-state index contributed by atoms with van der Waals surface area (Å²) in [6.07, 6.45) is -2.20. The molecule has 0 radical (unpaired) electrons. The first kappa shape index (κ1) is 19.5. The molecule has 7 nitrogen and oxygen atoms in total. The quantitative estimate of drug-likeness (QED) is 0.787. The molecule has 0 heterocycles. The van der Waals surface area contributed by atoms with Gasteiger partial charge >= 0.3 is 12.2 Å². The number of nitrogens with two attached hydrogens (primary N) is 1. The van der Waals surface area contributed by atoms with E-state index in [1.807, 2.05) is 0 Å². The van der Waals surface area contributed by atoms with Gasteiger partial charge in [0.1, 0.15) is 11.2 Å². The lowest BCUT2D eigenvalue weighted by molar-refractivity contribution is 0.00398. The molecule has 0 saturated carbocycles. The van der Waals surface area contributed by atoms with Crippen LogP contribution in [0.2, 0.25) is 0 Å². The maximum Gasteiger partial charge on any atom is 0.427 e. The molecule has 1 rings (SSSR count). The van der Waals surface area contributed by atoms with Gasteiger partial charge in [-0.25, -0.2) is 9.59 Å². The molecule has 2 N–H and O–H groups in total. The molecular weight excluding hydrogens is 312 g/mol. The van der Waals surface area contributed by atoms with Crippen LogP contribution in [0.1, 0.15) is 51.9 Å². The van der Waals surface area contributed by atoms with Gasteiger partial charge in [0.05, 0.1) is 0 Å². The van der Waals surface area contributed by atoms with Crippen molar-refractivity contribution in [1.82, 2.24) is 4.90 Å². The maximum atomic E-state index is 12.6. The van der Waals surface area contributed by atoms with Gasteiger partial charge in [0.2, 0.25) is 0 Å². The Labute approximate surface area is 141 Å². The molecule has 0 aliphatic carbocycles. The van der Waals surface area contributed by atoms with Gasteiger partial charge in [-0.3, -0.25) is 4.79 Å². The van der Waals surface area contributed by atoms with Gasteiger partial charge in [-0.2, -0.15) is 0 Å². The van der Waals surface area contributed by atoms with E-state index < -0.39 is 29.3 Å². The number of carbonyl (C=O) groups is 3. The van der Waals surface area contributed by atoms with Crippen LogP contribution in [-0.4, -0.2) is 34.2 Å². The smallest absolute Gasteiger partial charge is 0.427 e. The van der Waals surface area contributed by atoms with Gasteiger partial charge < -0.3 is 15.2 Å². The summed E-state index contributed by atoms with van der Waals surface area (Å²) in [6.45, 7) is 9.78. The van der Waals surface area contributed by atoms with Crippen LogP contribution in [0.5, 0.6) is 0 Å². The molecule has 3 amide bonds. The SMILES string of the molecule is CC(C)(C)OC(=O)N(C(=O)OC(C)(C)C)C(=O)c1ccc(N)cc1. The van der Waals surface area contributed by atoms with Crippen molar-refractivity contribution in [3.63, 3.8) is 0 Å². The third-order valence-corrected chi connectivity index (χ3v) is 2.51. The first-order valence-electron chi connectivity index (χ1n) is 7.46. The van der Waals surface area contributed by atoms with Gasteiger partial charge in [0.25, 0.3) is 5.91 Å². The molecule has 1 aromatic carbocycles. The maximum absolute atomic E-state index is 12.6. The highest BCUT2D eigenvalue weighted by atomic mass is 16.6. The Morgan fingerprint density at radius 3 is 1.54 bits per heavy atom. The van der Waals surface area contributed by atoms with E-state index in [2.05, 4.69) is 0 Å². The van der Waals surface area contributed by atoms with Crippen molar-refractivity contribution in [3.05, 3.63) is 29.8 Å². The van der Waals surface area contributed by atoms with E-state index in [0.29, 0.717) is 10.6 Å². The van der Waals surface area contributed by atoms with Crippen LogP contribution in [-0.2, 0) is 9.47 Å². The van der Waals surface area contributed by atoms with Gasteiger partial charge in [-0.1, -0.05) is 0 Å². The highest BCUT2D eigenvalue weighted by molar-refractivity contribution is 6.13. The number of nitrogens with zero attached hydrogens (tertiary/aromatic N) is 1. The summed E-state index contributed by atoms with van der Waals surface area (Å²) in [6, 6.07) is 5.82. The molecule has 1 aromatic rings. The molecule has 0 bridgehead atoms. The zero-order chi connectivity index (χ0) is 18.7. The predicted molar refractivity (Wildman–Crippen MR) is 89.5 cm³/mol. The topological polar surface area (TPSA) is 98.9 Å². The summed E-state index contributed by atoms with van der Waals surface area (Å²) in [7, 11) is 0. The summed E-state index contributed by atoms with van der Waals surface area (Å²) >= 11 is 0. The third-order valence-electron chi connectivity index (χ3n) is 2.51. The monoisotopic (exact) mass is 336 g/mol. The molecule has 0 atom stereocenters. The Hall–Kier alpha value is -2.57. The standard InChI is InChI=1S/C17H24N2O5/c1-16(2,3)23-14(21)19(15(22)24-17(4,5)6)13(20)11-7-9-12(18)10-8-11/h7-10H,18H2,1-6H3. The Morgan fingerprint density at radius 1 is 0.833 bits per heavy atom.